The Hall–Kier alpha value is -1.31. The lowest BCUT2D eigenvalue weighted by Gasteiger charge is -2.37. The van der Waals surface area contributed by atoms with Crippen LogP contribution >= 0.6 is 0 Å². The van der Waals surface area contributed by atoms with Crippen molar-refractivity contribution in [3.63, 3.8) is 0 Å². The van der Waals surface area contributed by atoms with Crippen molar-refractivity contribution in [3.05, 3.63) is 24.3 Å². The highest BCUT2D eigenvalue weighted by molar-refractivity contribution is 7.90. The summed E-state index contributed by atoms with van der Waals surface area (Å²) in [6.45, 7) is 12.3. The summed E-state index contributed by atoms with van der Waals surface area (Å²) in [7, 11) is -3.27. The van der Waals surface area contributed by atoms with E-state index in [2.05, 4.69) is 53.1 Å². The van der Waals surface area contributed by atoms with Crippen LogP contribution in [0.15, 0.2) is 24.3 Å². The molecule has 6 nitrogen and oxygen atoms in total. The van der Waals surface area contributed by atoms with E-state index in [1.807, 2.05) is 0 Å². The van der Waals surface area contributed by atoms with Gasteiger partial charge in [0.15, 0.2) is 0 Å². The Balaban J connectivity index is 1.48. The Morgan fingerprint density at radius 2 is 1.70 bits per heavy atom. The lowest BCUT2D eigenvalue weighted by molar-refractivity contribution is -0.00521. The molecule has 1 heterocycles. The largest absolute Gasteiger partial charge is 0.385 e. The van der Waals surface area contributed by atoms with Crippen molar-refractivity contribution in [3.8, 4) is 0 Å². The Labute approximate surface area is 182 Å². The fourth-order valence-electron chi connectivity index (χ4n) is 4.34. The van der Waals surface area contributed by atoms with E-state index in [0.717, 1.165) is 51.0 Å². The highest BCUT2D eigenvalue weighted by Gasteiger charge is 2.32. The molecule has 1 aromatic carbocycles. The number of sulfonamides is 1. The molecule has 0 aromatic heterocycles. The average molecular weight is 438 g/mol. The van der Waals surface area contributed by atoms with E-state index in [9.17, 15) is 8.42 Å². The summed E-state index contributed by atoms with van der Waals surface area (Å²) in [6.07, 6.45) is 4.40. The van der Waals surface area contributed by atoms with Crippen LogP contribution in [0.4, 0.5) is 11.4 Å². The zero-order chi connectivity index (χ0) is 21.9. The predicted molar refractivity (Wildman–Crippen MR) is 125 cm³/mol. The van der Waals surface area contributed by atoms with Crippen LogP contribution in [0.25, 0.3) is 0 Å². The molecule has 2 atom stereocenters. The van der Waals surface area contributed by atoms with Crippen molar-refractivity contribution in [2.24, 2.45) is 5.92 Å². The van der Waals surface area contributed by atoms with E-state index >= 15 is 0 Å². The van der Waals surface area contributed by atoms with Gasteiger partial charge in [0.25, 0.3) is 0 Å². The van der Waals surface area contributed by atoms with Gasteiger partial charge in [-0.2, -0.15) is 0 Å². The Morgan fingerprint density at radius 3 is 2.30 bits per heavy atom. The van der Waals surface area contributed by atoms with E-state index < -0.39 is 14.8 Å². The molecule has 1 aliphatic carbocycles. The molecule has 0 spiro atoms. The van der Waals surface area contributed by atoms with Gasteiger partial charge in [-0.15, -0.1) is 0 Å². The van der Waals surface area contributed by atoms with Gasteiger partial charge >= 0.3 is 0 Å². The Kier molecular flexibility index (Phi) is 7.36. The van der Waals surface area contributed by atoms with Gasteiger partial charge in [-0.3, -0.25) is 0 Å². The Morgan fingerprint density at radius 1 is 1.07 bits per heavy atom. The molecule has 2 N–H and O–H groups in total. The van der Waals surface area contributed by atoms with Crippen molar-refractivity contribution in [2.75, 3.05) is 29.9 Å². The number of anilines is 2. The number of rotatable bonds is 6. The van der Waals surface area contributed by atoms with E-state index in [1.54, 1.807) is 20.8 Å². The Bertz CT molecular complexity index is 788. The monoisotopic (exact) mass is 437 g/mol. The van der Waals surface area contributed by atoms with Crippen LogP contribution in [0, 0.1) is 5.92 Å². The first kappa shape index (κ1) is 23.4. The number of morpholine rings is 1. The number of nitrogens with one attached hydrogen (secondary N) is 2. The second-order valence-corrected chi connectivity index (χ2v) is 12.5. The van der Waals surface area contributed by atoms with Crippen LogP contribution < -0.4 is 14.9 Å². The lowest BCUT2D eigenvalue weighted by atomic mass is 9.86. The third-order valence-corrected chi connectivity index (χ3v) is 8.46. The van der Waals surface area contributed by atoms with Gasteiger partial charge in [0.1, 0.15) is 0 Å². The van der Waals surface area contributed by atoms with Crippen LogP contribution in [0.2, 0.25) is 0 Å². The van der Waals surface area contributed by atoms with Gasteiger partial charge in [0.2, 0.25) is 10.0 Å². The van der Waals surface area contributed by atoms with Crippen molar-refractivity contribution in [2.45, 2.75) is 83.3 Å². The molecule has 1 aliphatic heterocycles. The minimum Gasteiger partial charge on any atom is -0.385 e. The molecule has 0 amide bonds. The first-order chi connectivity index (χ1) is 14.0. The molecule has 2 fully saturated rings. The smallest absolute Gasteiger partial charge is 0.216 e. The molecule has 7 heteroatoms. The van der Waals surface area contributed by atoms with Gasteiger partial charge in [0.05, 0.1) is 17.0 Å². The molecule has 1 saturated heterocycles. The summed E-state index contributed by atoms with van der Waals surface area (Å²) < 4.78 is 32.8. The maximum Gasteiger partial charge on any atom is 0.216 e. The standard InChI is InChI=1S/C23H39N3O3S/c1-17-15-26(16-18(2)29-17)22-8-6-7-21(13-22)24-14-19-9-11-20(12-10-19)25-30(27,28)23(3,4)5/h6-8,13,17-20,24-25H,9-12,14-16H2,1-5H3/t17-,18+,19?,20?. The second-order valence-electron chi connectivity index (χ2n) is 10.0. The minimum atomic E-state index is -3.27. The second kappa shape index (κ2) is 9.45. The first-order valence-corrected chi connectivity index (χ1v) is 12.8. The quantitative estimate of drug-likeness (QED) is 0.704. The fraction of sp³-hybridized carbons (Fsp3) is 0.739. The van der Waals surface area contributed by atoms with Crippen LogP contribution in [0.5, 0.6) is 0 Å². The number of benzene rings is 1. The first-order valence-electron chi connectivity index (χ1n) is 11.3. The fourth-order valence-corrected chi connectivity index (χ4v) is 5.37. The topological polar surface area (TPSA) is 70.7 Å². The van der Waals surface area contributed by atoms with Gasteiger partial charge in [-0.05, 0) is 84.4 Å². The van der Waals surface area contributed by atoms with Crippen LogP contribution in [-0.2, 0) is 14.8 Å². The van der Waals surface area contributed by atoms with Crippen molar-refractivity contribution >= 4 is 21.4 Å². The van der Waals surface area contributed by atoms with E-state index in [1.165, 1.54) is 5.69 Å². The molecule has 0 bridgehead atoms. The van der Waals surface area contributed by atoms with Gasteiger partial charge < -0.3 is 15.0 Å². The van der Waals surface area contributed by atoms with E-state index in [0.29, 0.717) is 5.92 Å². The van der Waals surface area contributed by atoms with Crippen LogP contribution in [0.1, 0.15) is 60.3 Å². The normalized spacial score (nSPS) is 28.4. The zero-order valence-electron chi connectivity index (χ0n) is 19.1. The third kappa shape index (κ3) is 6.11. The molecule has 0 radical (unpaired) electrons. The molecule has 0 unspecified atom stereocenters. The maximum atomic E-state index is 12.4. The molecule has 3 rings (SSSR count). The SMILES string of the molecule is C[C@@H]1CN(c2cccc(NCC3CCC(NS(=O)(=O)C(C)(C)C)CC3)c2)C[C@H](C)O1. The summed E-state index contributed by atoms with van der Waals surface area (Å²) in [4.78, 5) is 2.40. The van der Waals surface area contributed by atoms with Crippen molar-refractivity contribution in [1.82, 2.24) is 4.72 Å². The predicted octanol–water partition coefficient (Wildman–Crippen LogP) is 3.99. The molecule has 30 heavy (non-hydrogen) atoms. The molecule has 2 aliphatic rings. The number of hydrogen-bond donors (Lipinski definition) is 2. The summed E-state index contributed by atoms with van der Waals surface area (Å²) in [5.74, 6) is 0.576. The third-order valence-electron chi connectivity index (χ3n) is 6.20. The molecule has 1 aromatic rings. The molecule has 170 valence electrons. The molecular formula is C23H39N3O3S. The van der Waals surface area contributed by atoms with Crippen LogP contribution in [-0.4, -0.2) is 51.0 Å². The van der Waals surface area contributed by atoms with Gasteiger partial charge in [-0.25, -0.2) is 13.1 Å². The summed E-state index contributed by atoms with van der Waals surface area (Å²) >= 11 is 0. The zero-order valence-corrected chi connectivity index (χ0v) is 20.0. The van der Waals surface area contributed by atoms with E-state index in [4.69, 9.17) is 4.74 Å². The van der Waals surface area contributed by atoms with Crippen molar-refractivity contribution in [1.29, 1.82) is 0 Å². The van der Waals surface area contributed by atoms with E-state index in [-0.39, 0.29) is 18.2 Å². The minimum absolute atomic E-state index is 0.0686. The van der Waals surface area contributed by atoms with Crippen LogP contribution in [0.3, 0.4) is 0 Å². The summed E-state index contributed by atoms with van der Waals surface area (Å²) in [5.41, 5.74) is 2.39. The number of nitrogens with zero attached hydrogens (tertiary/aromatic N) is 1. The number of ether oxygens (including phenoxy) is 1. The van der Waals surface area contributed by atoms with Gasteiger partial charge in [-0.1, -0.05) is 6.07 Å². The average Bonchev–Trinajstić information content (AvgIpc) is 2.66. The molecular weight excluding hydrogens is 398 g/mol. The van der Waals surface area contributed by atoms with Crippen molar-refractivity contribution < 1.29 is 13.2 Å². The number of hydrogen-bond acceptors (Lipinski definition) is 5. The summed E-state index contributed by atoms with van der Waals surface area (Å²) in [5, 5.41) is 3.61. The lowest BCUT2D eigenvalue weighted by Crippen LogP contribution is -2.46. The molecule has 1 saturated carbocycles. The highest BCUT2D eigenvalue weighted by Crippen LogP contribution is 2.28. The van der Waals surface area contributed by atoms with Gasteiger partial charge in [0, 0.05) is 37.1 Å². The summed E-state index contributed by atoms with van der Waals surface area (Å²) in [6, 6.07) is 8.70. The maximum absolute atomic E-state index is 12.4. The highest BCUT2D eigenvalue weighted by atomic mass is 32.2.